The highest BCUT2D eigenvalue weighted by atomic mass is 35.5. The van der Waals surface area contributed by atoms with Gasteiger partial charge in [-0.15, -0.1) is 0 Å². The van der Waals surface area contributed by atoms with Crippen molar-refractivity contribution in [3.63, 3.8) is 0 Å². The maximum Gasteiger partial charge on any atom is 0.307 e. The summed E-state index contributed by atoms with van der Waals surface area (Å²) < 4.78 is 10.3. The summed E-state index contributed by atoms with van der Waals surface area (Å²) in [6, 6.07) is 11.7. The zero-order valence-electron chi connectivity index (χ0n) is 23.6. The molecule has 1 aromatic heterocycles. The third-order valence-corrected chi connectivity index (χ3v) is 8.55. The van der Waals surface area contributed by atoms with Crippen LogP contribution >= 0.6 is 11.6 Å². The van der Waals surface area contributed by atoms with Gasteiger partial charge in [0.25, 0.3) is 5.91 Å². The van der Waals surface area contributed by atoms with Crippen molar-refractivity contribution in [1.82, 2.24) is 20.2 Å². The summed E-state index contributed by atoms with van der Waals surface area (Å²) in [4.78, 5) is 49.7. The largest absolute Gasteiger partial charge is 0.469 e. The molecule has 11 nitrogen and oxygen atoms in total. The Morgan fingerprint density at radius 2 is 1.95 bits per heavy atom. The van der Waals surface area contributed by atoms with Gasteiger partial charge in [-0.05, 0) is 35.6 Å². The number of aliphatic hydroxyl groups excluding tert-OH is 1. The minimum Gasteiger partial charge on any atom is -0.469 e. The number of rotatable bonds is 8. The Kier molecular flexibility index (Phi) is 8.29. The summed E-state index contributed by atoms with van der Waals surface area (Å²) in [5.41, 5.74) is 3.82. The lowest BCUT2D eigenvalue weighted by atomic mass is 9.98. The molecule has 0 saturated carbocycles. The maximum absolute atomic E-state index is 13.8. The van der Waals surface area contributed by atoms with Gasteiger partial charge in [-0.2, -0.15) is 0 Å². The lowest BCUT2D eigenvalue weighted by Gasteiger charge is -2.26. The van der Waals surface area contributed by atoms with Gasteiger partial charge in [-0.3, -0.25) is 14.4 Å². The molecule has 0 bridgehead atoms. The summed E-state index contributed by atoms with van der Waals surface area (Å²) >= 11 is 6.50. The first-order valence-electron chi connectivity index (χ1n) is 14.3. The van der Waals surface area contributed by atoms with Crippen LogP contribution in [0.2, 0.25) is 5.02 Å². The van der Waals surface area contributed by atoms with Crippen molar-refractivity contribution in [3.05, 3.63) is 75.9 Å². The Morgan fingerprint density at radius 3 is 2.74 bits per heavy atom. The molecule has 1 unspecified atom stereocenters. The summed E-state index contributed by atoms with van der Waals surface area (Å²) in [6.45, 7) is 1.03. The molecule has 1 fully saturated rings. The number of hydrogen-bond acceptors (Lipinski definition) is 9. The van der Waals surface area contributed by atoms with Crippen LogP contribution in [0.4, 0.5) is 5.95 Å². The molecular weight excluding hydrogens is 574 g/mol. The third kappa shape index (κ3) is 5.93. The van der Waals surface area contributed by atoms with Gasteiger partial charge in [0, 0.05) is 36.8 Å². The van der Waals surface area contributed by atoms with Crippen molar-refractivity contribution in [2.75, 3.05) is 32.2 Å². The van der Waals surface area contributed by atoms with Crippen molar-refractivity contribution in [3.8, 4) is 11.3 Å². The zero-order chi connectivity index (χ0) is 30.1. The Bertz CT molecular complexity index is 1560. The van der Waals surface area contributed by atoms with E-state index in [1.165, 1.54) is 18.2 Å². The number of halogens is 1. The quantitative estimate of drug-likeness (QED) is 0.330. The molecule has 2 amide bonds. The average Bonchev–Trinajstić information content (AvgIpc) is 3.46. The van der Waals surface area contributed by atoms with E-state index in [1.54, 1.807) is 18.2 Å². The molecule has 1 saturated heterocycles. The Balaban J connectivity index is 1.25. The van der Waals surface area contributed by atoms with Crippen LogP contribution in [0.1, 0.15) is 58.4 Å². The molecule has 3 atom stereocenters. The van der Waals surface area contributed by atoms with Crippen LogP contribution in [0.25, 0.3) is 11.3 Å². The monoisotopic (exact) mass is 605 g/mol. The number of fused-ring (bicyclic) bond motifs is 2. The molecule has 3 aliphatic rings. The van der Waals surface area contributed by atoms with Crippen molar-refractivity contribution in [2.24, 2.45) is 0 Å². The van der Waals surface area contributed by atoms with Crippen molar-refractivity contribution < 1.29 is 29.0 Å². The number of benzene rings is 2. The predicted octanol–water partition coefficient (Wildman–Crippen LogP) is 3.22. The fourth-order valence-corrected chi connectivity index (χ4v) is 6.27. The third-order valence-electron chi connectivity index (χ3n) is 8.27. The second-order valence-corrected chi connectivity index (χ2v) is 11.4. The number of aliphatic hydroxyl groups is 1. The highest BCUT2D eigenvalue weighted by Crippen LogP contribution is 2.39. The zero-order valence-corrected chi connectivity index (χ0v) is 24.3. The van der Waals surface area contributed by atoms with Gasteiger partial charge in [0.2, 0.25) is 11.9 Å². The maximum atomic E-state index is 13.8. The molecule has 43 heavy (non-hydrogen) atoms. The topological polar surface area (TPSA) is 143 Å². The van der Waals surface area contributed by atoms with Crippen molar-refractivity contribution >= 4 is 35.3 Å². The highest BCUT2D eigenvalue weighted by molar-refractivity contribution is 6.33. The van der Waals surface area contributed by atoms with Gasteiger partial charge in [0.05, 0.1) is 48.6 Å². The van der Waals surface area contributed by atoms with E-state index in [2.05, 4.69) is 20.6 Å². The van der Waals surface area contributed by atoms with E-state index in [4.69, 9.17) is 21.1 Å². The fraction of sp³-hybridized carbons (Fsp3) is 0.387. The normalized spacial score (nSPS) is 21.3. The number of amides is 2. The van der Waals surface area contributed by atoms with Crippen LogP contribution in [-0.2, 0) is 25.5 Å². The second kappa shape index (κ2) is 12.3. The van der Waals surface area contributed by atoms with Crippen LogP contribution in [0.3, 0.4) is 0 Å². The van der Waals surface area contributed by atoms with E-state index in [1.807, 2.05) is 24.3 Å². The summed E-state index contributed by atoms with van der Waals surface area (Å²) in [6.07, 6.45) is 2.74. The number of carbonyl (C=O) groups excluding carboxylic acids is 3. The molecule has 6 rings (SSSR count). The Hall–Kier alpha value is -4.06. The molecule has 224 valence electrons. The molecule has 1 aliphatic carbocycles. The standard InChI is InChI=1S/C31H32ClN5O6/c1-42-27(40)14-24-21-7-6-18(28-23(32)15-33-31(36-28)34-19-8-10-43-11-9-19)12-22(21)30(41)37(24)16-26(39)35-29-20-5-3-2-4-17(20)13-25(29)38/h2-7,12,15,19,24-25,29,38H,8-11,13-14,16H2,1H3,(H,35,39)(H,33,34,36)/t24?,25-,29+/m1/s1. The second-order valence-electron chi connectivity index (χ2n) is 11.0. The van der Waals surface area contributed by atoms with Gasteiger partial charge in [-0.25, -0.2) is 9.97 Å². The number of anilines is 1. The van der Waals surface area contributed by atoms with E-state index in [0.29, 0.717) is 53.0 Å². The lowest BCUT2D eigenvalue weighted by Crippen LogP contribution is -2.42. The number of carbonyl (C=O) groups is 3. The summed E-state index contributed by atoms with van der Waals surface area (Å²) in [5, 5.41) is 17.1. The van der Waals surface area contributed by atoms with E-state index in [-0.39, 0.29) is 19.0 Å². The number of hydrogen-bond donors (Lipinski definition) is 3. The Morgan fingerprint density at radius 1 is 1.16 bits per heavy atom. The van der Waals surface area contributed by atoms with E-state index < -0.39 is 36.0 Å². The van der Waals surface area contributed by atoms with Crippen LogP contribution < -0.4 is 10.6 Å². The van der Waals surface area contributed by atoms with Crippen LogP contribution in [0.15, 0.2) is 48.7 Å². The molecule has 3 aromatic rings. The van der Waals surface area contributed by atoms with Crippen LogP contribution in [0, 0.1) is 0 Å². The van der Waals surface area contributed by atoms with Crippen molar-refractivity contribution in [2.45, 2.75) is 49.9 Å². The first-order chi connectivity index (χ1) is 20.8. The predicted molar refractivity (Wildman–Crippen MR) is 157 cm³/mol. The number of ether oxygens (including phenoxy) is 2. The molecule has 12 heteroatoms. The minimum atomic E-state index is -0.773. The van der Waals surface area contributed by atoms with Crippen LogP contribution in [-0.4, -0.2) is 76.8 Å². The molecule has 2 aromatic carbocycles. The van der Waals surface area contributed by atoms with E-state index in [9.17, 15) is 19.5 Å². The first kappa shape index (κ1) is 29.0. The summed E-state index contributed by atoms with van der Waals surface area (Å²) in [7, 11) is 1.28. The van der Waals surface area contributed by atoms with Gasteiger partial charge in [0.15, 0.2) is 0 Å². The first-order valence-corrected chi connectivity index (χ1v) is 14.6. The molecular formula is C31H32ClN5O6. The van der Waals surface area contributed by atoms with Gasteiger partial charge >= 0.3 is 5.97 Å². The number of nitrogens with zero attached hydrogens (tertiary/aromatic N) is 3. The minimum absolute atomic E-state index is 0.121. The number of aromatic nitrogens is 2. The van der Waals surface area contributed by atoms with Gasteiger partial charge < -0.3 is 30.1 Å². The molecule has 0 radical (unpaired) electrons. The number of nitrogens with one attached hydrogen (secondary N) is 2. The Labute approximate surface area is 253 Å². The van der Waals surface area contributed by atoms with Crippen LogP contribution in [0.5, 0.6) is 0 Å². The molecule has 2 aliphatic heterocycles. The SMILES string of the molecule is COC(=O)CC1c2ccc(-c3nc(NC4CCOCC4)ncc3Cl)cc2C(=O)N1CC(=O)N[C@H]1c2ccccc2C[C@H]1O. The number of methoxy groups -OCH3 is 1. The highest BCUT2D eigenvalue weighted by Gasteiger charge is 2.40. The number of esters is 1. The average molecular weight is 606 g/mol. The van der Waals surface area contributed by atoms with Crippen molar-refractivity contribution in [1.29, 1.82) is 0 Å². The smallest absolute Gasteiger partial charge is 0.307 e. The van der Waals surface area contributed by atoms with Gasteiger partial charge in [0.1, 0.15) is 6.54 Å². The van der Waals surface area contributed by atoms with E-state index >= 15 is 0 Å². The molecule has 3 N–H and O–H groups in total. The fourth-order valence-electron chi connectivity index (χ4n) is 6.07. The van der Waals surface area contributed by atoms with E-state index in [0.717, 1.165) is 24.0 Å². The summed E-state index contributed by atoms with van der Waals surface area (Å²) in [5.74, 6) is -0.933. The molecule has 3 heterocycles. The van der Waals surface area contributed by atoms with Gasteiger partial charge in [-0.1, -0.05) is 48.0 Å². The lowest BCUT2D eigenvalue weighted by molar-refractivity contribution is -0.142. The molecule has 0 spiro atoms.